The van der Waals surface area contributed by atoms with Crippen LogP contribution in [0, 0.1) is 0 Å². The van der Waals surface area contributed by atoms with Gasteiger partial charge in [-0.05, 0) is 12.5 Å². The molecule has 1 heterocycles. The molecule has 1 atom stereocenters. The fraction of sp³-hybridized carbons (Fsp3) is 0.300. The van der Waals surface area contributed by atoms with Crippen molar-refractivity contribution in [3.8, 4) is 0 Å². The van der Waals surface area contributed by atoms with Gasteiger partial charge in [-0.15, -0.1) is 0 Å². The Bertz CT molecular complexity index is 756. The zero-order chi connectivity index (χ0) is 17.2. The van der Waals surface area contributed by atoms with Gasteiger partial charge in [0.2, 0.25) is 0 Å². The van der Waals surface area contributed by atoms with Gasteiger partial charge in [-0.3, -0.25) is 9.59 Å². The molecule has 0 saturated carbocycles. The molecule has 0 radical (unpaired) electrons. The first-order valence-corrected chi connectivity index (χ1v) is 8.30. The van der Waals surface area contributed by atoms with E-state index < -0.39 is 11.5 Å². The van der Waals surface area contributed by atoms with E-state index in [-0.39, 0.29) is 12.2 Å². The molecular weight excluding hydrogens is 302 g/mol. The highest BCUT2D eigenvalue weighted by Crippen LogP contribution is 2.42. The van der Waals surface area contributed by atoms with Gasteiger partial charge in [0.05, 0.1) is 12.1 Å². The minimum atomic E-state index is -1.78. The maximum atomic E-state index is 12.9. The second-order valence-electron chi connectivity index (χ2n) is 6.15. The van der Waals surface area contributed by atoms with E-state index in [2.05, 4.69) is 6.92 Å². The summed E-state index contributed by atoms with van der Waals surface area (Å²) in [5.41, 5.74) is -0.0463. The van der Waals surface area contributed by atoms with Crippen LogP contribution in [0.1, 0.15) is 42.1 Å². The van der Waals surface area contributed by atoms with E-state index >= 15 is 0 Å². The summed E-state index contributed by atoms with van der Waals surface area (Å²) in [4.78, 5) is 27.0. The molecule has 1 N–H and O–H groups in total. The molecule has 3 rings (SSSR count). The number of carbonyl (C=O) groups is 2. The molecule has 0 fully saturated rings. The Balaban J connectivity index is 1.94. The van der Waals surface area contributed by atoms with Gasteiger partial charge in [-0.1, -0.05) is 61.9 Å². The Morgan fingerprint density at radius 2 is 1.75 bits per heavy atom. The molecule has 2 aromatic carbocycles. The van der Waals surface area contributed by atoms with Crippen LogP contribution in [-0.2, 0) is 10.4 Å². The average molecular weight is 323 g/mol. The molecule has 1 aliphatic heterocycles. The van der Waals surface area contributed by atoms with E-state index in [0.717, 1.165) is 12.8 Å². The van der Waals surface area contributed by atoms with Crippen molar-refractivity contribution < 1.29 is 14.7 Å². The van der Waals surface area contributed by atoms with Crippen molar-refractivity contribution in [2.75, 3.05) is 11.4 Å². The molecule has 0 bridgehead atoms. The first kappa shape index (κ1) is 16.4. The van der Waals surface area contributed by atoms with Crippen LogP contribution in [0.4, 0.5) is 5.69 Å². The highest BCUT2D eigenvalue weighted by molar-refractivity contribution is 6.10. The average Bonchev–Trinajstić information content (AvgIpc) is 2.82. The summed E-state index contributed by atoms with van der Waals surface area (Å²) in [5, 5.41) is 11.1. The number of unbranched alkanes of at least 4 members (excludes halogenated alkanes) is 1. The van der Waals surface area contributed by atoms with Crippen molar-refractivity contribution in [3.63, 3.8) is 0 Å². The van der Waals surface area contributed by atoms with E-state index in [9.17, 15) is 14.7 Å². The monoisotopic (exact) mass is 323 g/mol. The van der Waals surface area contributed by atoms with Crippen LogP contribution in [0.3, 0.4) is 0 Å². The fourth-order valence-corrected chi connectivity index (χ4v) is 3.17. The van der Waals surface area contributed by atoms with E-state index in [4.69, 9.17) is 0 Å². The second kappa shape index (κ2) is 6.57. The normalized spacial score (nSPS) is 19.4. The topological polar surface area (TPSA) is 57.6 Å². The SMILES string of the molecule is CCCCN1C(=O)[C@](O)(CC(=O)c2ccccc2)c2ccccc21. The second-order valence-corrected chi connectivity index (χ2v) is 6.15. The van der Waals surface area contributed by atoms with Gasteiger partial charge >= 0.3 is 0 Å². The van der Waals surface area contributed by atoms with Gasteiger partial charge in [0.1, 0.15) is 0 Å². The lowest BCUT2D eigenvalue weighted by Gasteiger charge is -2.22. The predicted molar refractivity (Wildman–Crippen MR) is 93.0 cm³/mol. The third kappa shape index (κ3) is 2.74. The number of aliphatic hydroxyl groups is 1. The first-order valence-electron chi connectivity index (χ1n) is 8.30. The van der Waals surface area contributed by atoms with E-state index in [0.29, 0.717) is 23.4 Å². The quantitative estimate of drug-likeness (QED) is 0.830. The highest BCUT2D eigenvalue weighted by Gasteiger charge is 2.50. The number of nitrogens with zero attached hydrogens (tertiary/aromatic N) is 1. The van der Waals surface area contributed by atoms with Crippen LogP contribution >= 0.6 is 0 Å². The summed E-state index contributed by atoms with van der Waals surface area (Å²) in [6, 6.07) is 16.0. The van der Waals surface area contributed by atoms with Gasteiger partial charge in [-0.25, -0.2) is 0 Å². The number of rotatable bonds is 6. The number of amides is 1. The maximum absolute atomic E-state index is 12.9. The molecule has 2 aromatic rings. The first-order chi connectivity index (χ1) is 11.6. The van der Waals surface area contributed by atoms with Crippen molar-refractivity contribution in [2.24, 2.45) is 0 Å². The molecule has 0 saturated heterocycles. The molecule has 4 heteroatoms. The number of hydrogen-bond acceptors (Lipinski definition) is 3. The Hall–Kier alpha value is -2.46. The molecule has 0 aromatic heterocycles. The van der Waals surface area contributed by atoms with Gasteiger partial charge in [0, 0.05) is 17.7 Å². The van der Waals surface area contributed by atoms with Gasteiger partial charge in [0.25, 0.3) is 5.91 Å². The zero-order valence-electron chi connectivity index (χ0n) is 13.7. The molecule has 0 unspecified atom stereocenters. The van der Waals surface area contributed by atoms with Crippen LogP contribution in [0.15, 0.2) is 54.6 Å². The summed E-state index contributed by atoms with van der Waals surface area (Å²) in [7, 11) is 0. The van der Waals surface area contributed by atoms with Crippen LogP contribution < -0.4 is 4.90 Å². The van der Waals surface area contributed by atoms with Crippen molar-refractivity contribution >= 4 is 17.4 Å². The molecule has 0 spiro atoms. The lowest BCUT2D eigenvalue weighted by Crippen LogP contribution is -2.42. The predicted octanol–water partition coefficient (Wildman–Crippen LogP) is 3.29. The Morgan fingerprint density at radius 3 is 2.46 bits per heavy atom. The summed E-state index contributed by atoms with van der Waals surface area (Å²) in [6.07, 6.45) is 1.56. The lowest BCUT2D eigenvalue weighted by atomic mass is 9.88. The summed E-state index contributed by atoms with van der Waals surface area (Å²) in [6.45, 7) is 2.60. The molecule has 124 valence electrons. The van der Waals surface area contributed by atoms with Crippen molar-refractivity contribution in [1.82, 2.24) is 0 Å². The largest absolute Gasteiger partial charge is 0.375 e. The van der Waals surface area contributed by atoms with Crippen molar-refractivity contribution in [3.05, 3.63) is 65.7 Å². The number of Topliss-reactive ketones (excluding diaryl/α,β-unsaturated/α-hetero) is 1. The van der Waals surface area contributed by atoms with Crippen molar-refractivity contribution in [1.29, 1.82) is 0 Å². The number of carbonyl (C=O) groups excluding carboxylic acids is 2. The molecular formula is C20H21NO3. The van der Waals surface area contributed by atoms with Gasteiger partial charge < -0.3 is 10.0 Å². The number of fused-ring (bicyclic) bond motifs is 1. The third-order valence-corrected chi connectivity index (χ3v) is 4.49. The molecule has 24 heavy (non-hydrogen) atoms. The maximum Gasteiger partial charge on any atom is 0.264 e. The summed E-state index contributed by atoms with van der Waals surface area (Å²) in [5.74, 6) is -0.639. The highest BCUT2D eigenvalue weighted by atomic mass is 16.3. The van der Waals surface area contributed by atoms with E-state index in [1.165, 1.54) is 0 Å². The van der Waals surface area contributed by atoms with Gasteiger partial charge in [0.15, 0.2) is 11.4 Å². The van der Waals surface area contributed by atoms with Crippen molar-refractivity contribution in [2.45, 2.75) is 31.8 Å². The third-order valence-electron chi connectivity index (χ3n) is 4.49. The summed E-state index contributed by atoms with van der Waals surface area (Å²) < 4.78 is 0. The van der Waals surface area contributed by atoms with Crippen LogP contribution in [0.2, 0.25) is 0 Å². The molecule has 1 aliphatic rings. The number of benzene rings is 2. The minimum absolute atomic E-state index is 0.237. The van der Waals surface area contributed by atoms with E-state index in [1.54, 1.807) is 41.3 Å². The molecule has 0 aliphatic carbocycles. The van der Waals surface area contributed by atoms with E-state index in [1.807, 2.05) is 18.2 Å². The Labute approximate surface area is 141 Å². The van der Waals surface area contributed by atoms with Crippen LogP contribution in [0.25, 0.3) is 0 Å². The fourth-order valence-electron chi connectivity index (χ4n) is 3.17. The standard InChI is InChI=1S/C20H21NO3/c1-2-3-13-21-17-12-8-7-11-16(17)20(24,19(21)23)14-18(22)15-9-5-4-6-10-15/h4-12,24H,2-3,13-14H2,1H3/t20-/m0/s1. The smallest absolute Gasteiger partial charge is 0.264 e. The zero-order valence-corrected chi connectivity index (χ0v) is 13.7. The number of ketones is 1. The minimum Gasteiger partial charge on any atom is -0.375 e. The summed E-state index contributed by atoms with van der Waals surface area (Å²) >= 11 is 0. The number of para-hydroxylation sites is 1. The van der Waals surface area contributed by atoms with Gasteiger partial charge in [-0.2, -0.15) is 0 Å². The molecule has 1 amide bonds. The molecule has 4 nitrogen and oxygen atoms in total. The Morgan fingerprint density at radius 1 is 1.08 bits per heavy atom. The Kier molecular flexibility index (Phi) is 4.49. The van der Waals surface area contributed by atoms with Crippen LogP contribution in [0.5, 0.6) is 0 Å². The number of anilines is 1. The number of hydrogen-bond donors (Lipinski definition) is 1. The lowest BCUT2D eigenvalue weighted by molar-refractivity contribution is -0.135. The van der Waals surface area contributed by atoms with Crippen LogP contribution in [-0.4, -0.2) is 23.3 Å².